The van der Waals surface area contributed by atoms with Crippen molar-refractivity contribution < 1.29 is 53.9 Å². The van der Waals surface area contributed by atoms with Gasteiger partial charge in [0.05, 0.1) is 58.9 Å². The molecule has 16 nitrogen and oxygen atoms in total. The zero-order chi connectivity index (χ0) is 54.1. The largest absolute Gasteiger partial charge is 0.491 e. The summed E-state index contributed by atoms with van der Waals surface area (Å²) in [7, 11) is 0. The number of amides is 2. The van der Waals surface area contributed by atoms with Crippen LogP contribution in [0.5, 0.6) is 11.5 Å². The molecule has 0 radical (unpaired) electrons. The summed E-state index contributed by atoms with van der Waals surface area (Å²) in [6.07, 6.45) is 3.14. The molecule has 2 amide bonds. The number of hydrogen-bond acceptors (Lipinski definition) is 14. The van der Waals surface area contributed by atoms with Crippen LogP contribution in [0.15, 0.2) is 49.1 Å². The second-order valence-corrected chi connectivity index (χ2v) is 26.2. The maximum Gasteiger partial charge on any atom is 0.240 e. The Labute approximate surface area is 472 Å². The van der Waals surface area contributed by atoms with Gasteiger partial charge in [0.25, 0.3) is 0 Å². The number of fused-ring (bicyclic) bond motifs is 4. The van der Waals surface area contributed by atoms with Gasteiger partial charge in [0.1, 0.15) is 49.0 Å². The van der Waals surface area contributed by atoms with E-state index in [1.807, 2.05) is 36.4 Å². The van der Waals surface area contributed by atoms with Crippen molar-refractivity contribution in [2.45, 2.75) is 143 Å². The SMILES string of the molecule is C=CCOc1c(I)cccc1CN1O[C@@H](CO)[C@@H]([C@H](C)O)[C@H]1C(=O)NC1C[C@H]2C[C@@H]([C@@H]1C)C2(C)C.C[C@H](O)[C@@H]1[C@H](CO)ON(Cc2cccc(I)c2OCCN2CCOCC2)[C@@H]1C(=O)NC1C[C@H]2C[C@@H]([C@@H]1C)C2(C)C. The molecule has 4 bridgehead atoms. The first-order chi connectivity index (χ1) is 35.7. The average Bonchev–Trinajstić information content (AvgIpc) is 3.94. The van der Waals surface area contributed by atoms with E-state index in [1.54, 1.807) is 30.0 Å². The average molecular weight is 1270 g/mol. The Kier molecular flexibility index (Phi) is 19.7. The first-order valence-electron chi connectivity index (χ1n) is 27.5. The molecule has 3 heterocycles. The smallest absolute Gasteiger partial charge is 0.240 e. The fraction of sp³-hybridized carbons (Fsp3) is 0.719. The van der Waals surface area contributed by atoms with Gasteiger partial charge < -0.3 is 45.3 Å². The number of carbonyl (C=O) groups is 2. The van der Waals surface area contributed by atoms with E-state index in [-0.39, 0.29) is 37.1 Å². The van der Waals surface area contributed by atoms with Gasteiger partial charge in [-0.15, -0.1) is 0 Å². The van der Waals surface area contributed by atoms with Crippen LogP contribution in [0.25, 0.3) is 0 Å². The molecule has 75 heavy (non-hydrogen) atoms. The highest BCUT2D eigenvalue weighted by molar-refractivity contribution is 14.1. The Morgan fingerprint density at radius 3 is 1.57 bits per heavy atom. The molecule has 2 aromatic carbocycles. The van der Waals surface area contributed by atoms with Crippen LogP contribution in [0.4, 0.5) is 0 Å². The van der Waals surface area contributed by atoms with Crippen molar-refractivity contribution in [3.8, 4) is 11.5 Å². The lowest BCUT2D eigenvalue weighted by molar-refractivity contribution is -0.183. The summed E-state index contributed by atoms with van der Waals surface area (Å²) in [6, 6.07) is 10.6. The van der Waals surface area contributed by atoms with Gasteiger partial charge in [0, 0.05) is 54.7 Å². The number of rotatable bonds is 19. The molecule has 11 rings (SSSR count). The number of ether oxygens (including phenoxy) is 3. The number of nitrogens with one attached hydrogen (secondary N) is 2. The third-order valence-electron chi connectivity index (χ3n) is 19.0. The van der Waals surface area contributed by atoms with Gasteiger partial charge in [0.2, 0.25) is 11.8 Å². The zero-order valence-corrected chi connectivity index (χ0v) is 49.7. The maximum absolute atomic E-state index is 13.9. The molecule has 6 saturated carbocycles. The summed E-state index contributed by atoms with van der Waals surface area (Å²) in [5.41, 5.74) is 2.44. The molecule has 6 aliphatic carbocycles. The molecule has 9 aliphatic rings. The van der Waals surface area contributed by atoms with Crippen molar-refractivity contribution >= 4 is 57.0 Å². The van der Waals surface area contributed by atoms with Gasteiger partial charge in [-0.05, 0) is 143 Å². The number of aliphatic hydroxyl groups is 4. The molecule has 18 heteroatoms. The molecule has 2 unspecified atom stereocenters. The van der Waals surface area contributed by atoms with Crippen LogP contribution in [-0.4, -0.2) is 155 Å². The van der Waals surface area contributed by atoms with E-state index in [9.17, 15) is 30.0 Å². The summed E-state index contributed by atoms with van der Waals surface area (Å²) in [6.45, 7) is 26.0. The standard InChI is InChI=1S/C30H46IN3O6.C27H39IN2O5/c1-18-22-14-21(30(22,3)4)15-24(18)32-29(37)27-26(19(2)36)25(17-35)40-34(27)16-20-6-5-7-23(31)28(20)39-13-10-33-8-11-38-12-9-33;1-6-10-34-25-17(8-7-9-20(25)28)13-30-24(23(16(3)32)22(14-31)35-30)26(33)29-21-12-18-11-19(15(21)2)27(18,4)5/h5-7,18-19,21-22,24-27,35-36H,8-17H2,1-4H3,(H,32,37);6-9,15-16,18-19,21-24,31-32H,1,10-14H2,2-5H3,(H,29,33)/t18-,19-,21+,22-,24?,25-,26+,27-;15-,16-,18+,19-,21?,22-,23+,24-/m00/s1. The molecule has 6 N–H and O–H groups in total. The lowest BCUT2D eigenvalue weighted by Crippen LogP contribution is -2.62. The van der Waals surface area contributed by atoms with Crippen molar-refractivity contribution in [1.29, 1.82) is 0 Å². The van der Waals surface area contributed by atoms with Crippen molar-refractivity contribution in [3.05, 3.63) is 67.3 Å². The van der Waals surface area contributed by atoms with Crippen molar-refractivity contribution in [2.24, 2.45) is 58.2 Å². The fourth-order valence-corrected chi connectivity index (χ4v) is 15.6. The number of halogens is 2. The van der Waals surface area contributed by atoms with E-state index in [1.165, 1.54) is 12.8 Å². The lowest BCUT2D eigenvalue weighted by Gasteiger charge is -2.62. The number of hydroxylamine groups is 4. The third-order valence-corrected chi connectivity index (χ3v) is 20.7. The minimum atomic E-state index is -0.825. The number of morpholine rings is 1. The number of carbonyl (C=O) groups excluding carboxylic acids is 2. The van der Waals surface area contributed by atoms with E-state index in [0.29, 0.717) is 72.6 Å². The Bertz CT molecular complexity index is 2280. The van der Waals surface area contributed by atoms with E-state index in [2.05, 4.69) is 109 Å². The molecule has 0 aromatic heterocycles. The number of benzene rings is 2. The van der Waals surface area contributed by atoms with Gasteiger partial charge >= 0.3 is 0 Å². The number of hydrogen-bond donors (Lipinski definition) is 6. The Morgan fingerprint density at radius 2 is 1.19 bits per heavy atom. The van der Waals surface area contributed by atoms with Crippen LogP contribution >= 0.6 is 45.2 Å². The van der Waals surface area contributed by atoms with Crippen LogP contribution in [-0.2, 0) is 37.1 Å². The van der Waals surface area contributed by atoms with E-state index >= 15 is 0 Å². The van der Waals surface area contributed by atoms with Crippen LogP contribution in [0.1, 0.15) is 92.2 Å². The van der Waals surface area contributed by atoms with Crippen LogP contribution in [0.3, 0.4) is 0 Å². The van der Waals surface area contributed by atoms with Gasteiger partial charge in [-0.2, -0.15) is 10.1 Å². The molecule has 3 aliphatic heterocycles. The Hall–Kier alpha value is -2.22. The predicted octanol–water partition coefficient (Wildman–Crippen LogP) is 6.18. The van der Waals surface area contributed by atoms with Crippen LogP contribution in [0, 0.1) is 65.3 Å². The molecule has 418 valence electrons. The minimum absolute atomic E-state index is 0.103. The molecule has 2 aromatic rings. The first kappa shape index (κ1) is 58.9. The maximum atomic E-state index is 13.9. The highest BCUT2D eigenvalue weighted by atomic mass is 127. The van der Waals surface area contributed by atoms with Gasteiger partial charge in [-0.25, -0.2) is 0 Å². The molecular formula is C57H85I2N5O11. The quantitative estimate of drug-likeness (QED) is 0.0690. The zero-order valence-electron chi connectivity index (χ0n) is 45.3. The van der Waals surface area contributed by atoms with E-state index < -0.39 is 48.3 Å². The van der Waals surface area contributed by atoms with E-state index in [4.69, 9.17) is 23.9 Å². The molecule has 3 saturated heterocycles. The highest BCUT2D eigenvalue weighted by Gasteiger charge is 2.59. The van der Waals surface area contributed by atoms with Crippen molar-refractivity contribution in [3.63, 3.8) is 0 Å². The number of aliphatic hydroxyl groups excluding tert-OH is 4. The van der Waals surface area contributed by atoms with Crippen LogP contribution in [0.2, 0.25) is 0 Å². The van der Waals surface area contributed by atoms with E-state index in [0.717, 1.165) is 75.5 Å². The van der Waals surface area contributed by atoms with Gasteiger partial charge in [0.15, 0.2) is 0 Å². The summed E-state index contributed by atoms with van der Waals surface area (Å²) in [5.74, 6) is 3.35. The Balaban J connectivity index is 0.000000201. The van der Waals surface area contributed by atoms with Crippen LogP contribution < -0.4 is 20.1 Å². The van der Waals surface area contributed by atoms with Crippen molar-refractivity contribution in [2.75, 3.05) is 59.3 Å². The molecule has 9 fully saturated rings. The summed E-state index contributed by atoms with van der Waals surface area (Å²) in [5, 5.41) is 51.4. The second kappa shape index (κ2) is 25.1. The topological polar surface area (TPSA) is 195 Å². The lowest BCUT2D eigenvalue weighted by atomic mass is 9.45. The first-order valence-corrected chi connectivity index (χ1v) is 29.6. The van der Waals surface area contributed by atoms with Gasteiger partial charge in [-0.1, -0.05) is 78.5 Å². The summed E-state index contributed by atoms with van der Waals surface area (Å²) in [4.78, 5) is 42.3. The normalized spacial score (nSPS) is 34.7. The molecule has 16 atom stereocenters. The number of para-hydroxylation sites is 2. The minimum Gasteiger partial charge on any atom is -0.491 e. The summed E-state index contributed by atoms with van der Waals surface area (Å²) >= 11 is 4.51. The fourth-order valence-electron chi connectivity index (χ4n) is 14.2. The second-order valence-electron chi connectivity index (χ2n) is 23.8. The van der Waals surface area contributed by atoms with Crippen molar-refractivity contribution in [1.82, 2.24) is 25.7 Å². The number of nitrogens with zero attached hydrogens (tertiary/aromatic N) is 3. The Morgan fingerprint density at radius 1 is 0.747 bits per heavy atom. The third kappa shape index (κ3) is 12.4. The predicted molar refractivity (Wildman–Crippen MR) is 302 cm³/mol. The van der Waals surface area contributed by atoms with Gasteiger partial charge in [-0.3, -0.25) is 24.2 Å². The molecular weight excluding hydrogens is 1180 g/mol. The monoisotopic (exact) mass is 1270 g/mol. The highest BCUT2D eigenvalue weighted by Crippen LogP contribution is 2.62. The molecule has 0 spiro atoms. The summed E-state index contributed by atoms with van der Waals surface area (Å²) < 4.78 is 19.6.